The summed E-state index contributed by atoms with van der Waals surface area (Å²) in [5.74, 6) is 0. The summed E-state index contributed by atoms with van der Waals surface area (Å²) in [6, 6.07) is 0. The minimum atomic E-state index is -5.62. The van der Waals surface area contributed by atoms with Crippen LogP contribution in [0, 0.1) is 0 Å². The van der Waals surface area contributed by atoms with Gasteiger partial charge >= 0.3 is 57.8 Å². The first-order valence-electron chi connectivity index (χ1n) is 0.748. The molecule has 4 nitrogen and oxygen atoms in total. The van der Waals surface area contributed by atoms with Crippen molar-refractivity contribution in [2.24, 2.45) is 0 Å². The normalized spacial score (nSPS) is 9.83. The van der Waals surface area contributed by atoms with Crippen LogP contribution < -0.4 is 8.19 Å². The topological polar surface area (TPSA) is 83.4 Å². The predicted octanol–water partition coefficient (Wildman–Crippen LogP) is -4.35. The van der Waals surface area contributed by atoms with Crippen LogP contribution in [0.4, 0.5) is 0 Å². The van der Waals surface area contributed by atoms with Crippen LogP contribution in [0.1, 0.15) is 0 Å². The monoisotopic (exact) mass is 350 g/mol. The van der Waals surface area contributed by atoms with Gasteiger partial charge in [-0.05, 0) is 0 Å². The zero-order valence-corrected chi connectivity index (χ0v) is 10.2. The van der Waals surface area contributed by atoms with Gasteiger partial charge in [0.25, 0.3) is 0 Å². The van der Waals surface area contributed by atoms with E-state index >= 15 is 0 Å². The molecule has 0 saturated heterocycles. The summed E-state index contributed by atoms with van der Waals surface area (Å²) in [5.41, 5.74) is 0. The zero-order chi connectivity index (χ0) is 4.50. The molecule has 6 heavy (non-hydrogen) atoms. The Bertz CT molecular complexity index is 53.7. The minimum absolute atomic E-state index is 0. The second-order valence-corrected chi connectivity index (χ2v) is 2.43. The van der Waals surface area contributed by atoms with E-state index in [2.05, 4.69) is 0 Å². The standard InChI is InChI=1S/AsH3O4.Pb.2H/c2-1(3,4)5;;;/h(H3,2,3,4,5);;;/q;+2;;/p-2. The summed E-state index contributed by atoms with van der Waals surface area (Å²) in [7, 11) is 0. The first kappa shape index (κ1) is 10.2. The van der Waals surface area contributed by atoms with Crippen molar-refractivity contribution in [1.29, 1.82) is 0 Å². The Labute approximate surface area is 57.7 Å². The molecule has 1 N–H and O–H groups in total. The van der Waals surface area contributed by atoms with Crippen LogP contribution in [0.25, 0.3) is 0 Å². The fraction of sp³-hybridized carbons (Fsp3) is 0. The van der Waals surface area contributed by atoms with Crippen molar-refractivity contribution in [3.8, 4) is 0 Å². The first-order chi connectivity index (χ1) is 2.00. The van der Waals surface area contributed by atoms with Crippen LogP contribution in [-0.2, 0) is 3.74 Å². The molecule has 0 aliphatic rings. The Kier molecular flexibility index (Phi) is 5.44. The predicted molar refractivity (Wildman–Crippen MR) is 17.2 cm³/mol. The molecular formula is H3AsO4Pb. The van der Waals surface area contributed by atoms with Crippen molar-refractivity contribution in [3.05, 3.63) is 0 Å². The summed E-state index contributed by atoms with van der Waals surface area (Å²) >= 11 is -5.62. The third-order valence-electron chi connectivity index (χ3n) is 0. The van der Waals surface area contributed by atoms with Crippen LogP contribution in [-0.4, -0.2) is 45.9 Å². The van der Waals surface area contributed by atoms with E-state index in [4.69, 9.17) is 16.0 Å². The maximum absolute atomic E-state index is 8.72. The van der Waals surface area contributed by atoms with Crippen molar-refractivity contribution in [1.82, 2.24) is 0 Å². The van der Waals surface area contributed by atoms with E-state index in [0.717, 1.165) is 0 Å². The number of hydrogen-bond donors (Lipinski definition) is 1. The molecular weight excluding hydrogens is 346 g/mol. The van der Waals surface area contributed by atoms with Gasteiger partial charge in [0.1, 0.15) is 0 Å². The van der Waals surface area contributed by atoms with E-state index < -0.39 is 14.5 Å². The molecule has 0 aromatic heterocycles. The molecule has 0 radical (unpaired) electrons. The summed E-state index contributed by atoms with van der Waals surface area (Å²) in [6.07, 6.45) is 0. The Morgan fingerprint density at radius 1 is 1.50 bits per heavy atom. The van der Waals surface area contributed by atoms with Crippen LogP contribution >= 0.6 is 0 Å². The SMILES string of the molecule is O=[As]([O-])([O-])O.[PbH2+2]. The van der Waals surface area contributed by atoms with Crippen LogP contribution in [0.2, 0.25) is 0 Å². The second kappa shape index (κ2) is 3.20. The van der Waals surface area contributed by atoms with E-state index in [0.29, 0.717) is 0 Å². The van der Waals surface area contributed by atoms with Crippen molar-refractivity contribution in [3.63, 3.8) is 0 Å². The van der Waals surface area contributed by atoms with Gasteiger partial charge in [-0.2, -0.15) is 0 Å². The zero-order valence-electron chi connectivity index (χ0n) is 2.83. The average molecular weight is 349 g/mol. The van der Waals surface area contributed by atoms with Gasteiger partial charge in [-0.3, -0.25) is 0 Å². The molecule has 0 rings (SSSR count). The quantitative estimate of drug-likeness (QED) is 0.448. The molecule has 0 saturated carbocycles. The van der Waals surface area contributed by atoms with Gasteiger partial charge in [0.05, 0.1) is 0 Å². The molecule has 0 bridgehead atoms. The molecule has 6 heteroatoms. The van der Waals surface area contributed by atoms with Gasteiger partial charge in [-0.1, -0.05) is 0 Å². The third-order valence-corrected chi connectivity index (χ3v) is 0. The van der Waals surface area contributed by atoms with Crippen LogP contribution in [0.15, 0.2) is 0 Å². The fourth-order valence-electron chi connectivity index (χ4n) is 0. The Hall–Kier alpha value is 1.16. The van der Waals surface area contributed by atoms with Gasteiger partial charge in [0.15, 0.2) is 0 Å². The van der Waals surface area contributed by atoms with Gasteiger partial charge < -0.3 is 0 Å². The van der Waals surface area contributed by atoms with E-state index in [1.54, 1.807) is 0 Å². The third kappa shape index (κ3) is 66.3. The molecule has 0 aromatic rings. The van der Waals surface area contributed by atoms with E-state index in [-0.39, 0.29) is 27.3 Å². The molecule has 0 aliphatic heterocycles. The fourth-order valence-corrected chi connectivity index (χ4v) is 0. The Balaban J connectivity index is 0. The molecule has 0 aliphatic carbocycles. The number of hydrogen-bond acceptors (Lipinski definition) is 3. The Morgan fingerprint density at radius 2 is 1.50 bits per heavy atom. The van der Waals surface area contributed by atoms with Crippen molar-refractivity contribution in [2.45, 2.75) is 0 Å². The summed E-state index contributed by atoms with van der Waals surface area (Å²) in [4.78, 5) is 0. The van der Waals surface area contributed by atoms with Crippen molar-refractivity contribution in [2.75, 3.05) is 0 Å². The van der Waals surface area contributed by atoms with Crippen molar-refractivity contribution >= 4 is 41.8 Å². The van der Waals surface area contributed by atoms with Crippen LogP contribution in [0.5, 0.6) is 0 Å². The molecule has 0 aromatic carbocycles. The van der Waals surface area contributed by atoms with E-state index in [9.17, 15) is 0 Å². The Morgan fingerprint density at radius 3 is 1.50 bits per heavy atom. The van der Waals surface area contributed by atoms with Gasteiger partial charge in [0.2, 0.25) is 0 Å². The molecule has 0 fully saturated rings. The maximum atomic E-state index is 8.72. The van der Waals surface area contributed by atoms with Crippen molar-refractivity contribution < 1.29 is 16.0 Å². The van der Waals surface area contributed by atoms with E-state index in [1.165, 1.54) is 0 Å². The number of rotatable bonds is 0. The second-order valence-electron chi connectivity index (χ2n) is 0.469. The molecule has 0 spiro atoms. The van der Waals surface area contributed by atoms with Crippen LogP contribution in [0.3, 0.4) is 0 Å². The molecule has 0 unspecified atom stereocenters. The molecule has 0 heterocycles. The van der Waals surface area contributed by atoms with E-state index in [1.807, 2.05) is 0 Å². The van der Waals surface area contributed by atoms with Gasteiger partial charge in [-0.15, -0.1) is 0 Å². The summed E-state index contributed by atoms with van der Waals surface area (Å²) in [5, 5.41) is 0. The average Bonchev–Trinajstić information content (AvgIpc) is 0.722. The van der Waals surface area contributed by atoms with Gasteiger partial charge in [-0.25, -0.2) is 0 Å². The summed E-state index contributed by atoms with van der Waals surface area (Å²) in [6.45, 7) is 0. The first-order valence-corrected chi connectivity index (χ1v) is 3.89. The molecule has 0 amide bonds. The molecule has 0 atom stereocenters. The summed E-state index contributed by atoms with van der Waals surface area (Å²) < 4.78 is 33.2. The van der Waals surface area contributed by atoms with Gasteiger partial charge in [0, 0.05) is 0 Å². The molecule has 36 valence electrons.